The summed E-state index contributed by atoms with van der Waals surface area (Å²) in [6.07, 6.45) is 2.49. The molecule has 0 bridgehead atoms. The van der Waals surface area contributed by atoms with Gasteiger partial charge < -0.3 is 19.9 Å². The van der Waals surface area contributed by atoms with Crippen molar-refractivity contribution in [2.75, 3.05) is 18.4 Å². The van der Waals surface area contributed by atoms with E-state index < -0.39 is 0 Å². The van der Waals surface area contributed by atoms with Crippen LogP contribution in [0.5, 0.6) is 11.5 Å². The Hall–Kier alpha value is -3.87. The number of carbonyl (C=O) groups is 1. The quantitative estimate of drug-likeness (QED) is 0.432. The molecular weight excluding hydrogens is 402 g/mol. The first-order valence-electron chi connectivity index (χ1n) is 10.7. The molecule has 32 heavy (non-hydrogen) atoms. The van der Waals surface area contributed by atoms with E-state index in [0.29, 0.717) is 23.7 Å². The average molecular weight is 430 g/mol. The second-order valence-electron chi connectivity index (χ2n) is 7.65. The number of imidazole rings is 1. The van der Waals surface area contributed by atoms with Crippen LogP contribution in [0, 0.1) is 6.92 Å². The Balaban J connectivity index is 1.45. The van der Waals surface area contributed by atoms with E-state index in [0.717, 1.165) is 29.9 Å². The number of hydrogen-bond donors (Lipinski definition) is 2. The molecule has 4 rings (SSSR count). The molecule has 0 atom stereocenters. The Morgan fingerprint density at radius 1 is 1.06 bits per heavy atom. The molecule has 164 valence electrons. The maximum Gasteiger partial charge on any atom is 0.270 e. The summed E-state index contributed by atoms with van der Waals surface area (Å²) in [5, 5.41) is 6.16. The predicted molar refractivity (Wildman–Crippen MR) is 126 cm³/mol. The number of benzene rings is 2. The summed E-state index contributed by atoms with van der Waals surface area (Å²) < 4.78 is 8.00. The average Bonchev–Trinajstić information content (AvgIpc) is 3.10. The van der Waals surface area contributed by atoms with Crippen molar-refractivity contribution >= 4 is 22.9 Å². The first kappa shape index (κ1) is 21.4. The zero-order chi connectivity index (χ0) is 22.5. The lowest BCUT2D eigenvalue weighted by atomic mass is 10.1. The standard InChI is InChI=1S/C25H27N5O2/c1-4-26-24(31)22-16-20(12-14-27-22)32-19-9-10-23-21(15-19)29-25(30(23)3)28-13-11-18-7-5-17(2)6-8-18/h5-10,12,14-16H,4,11,13H2,1-3H3,(H,26,31)(H,28,29). The summed E-state index contributed by atoms with van der Waals surface area (Å²) in [4.78, 5) is 20.8. The molecule has 2 heterocycles. The Kier molecular flexibility index (Phi) is 6.35. The van der Waals surface area contributed by atoms with Crippen LogP contribution in [-0.2, 0) is 13.5 Å². The number of amides is 1. The Morgan fingerprint density at radius 2 is 1.84 bits per heavy atom. The highest BCUT2D eigenvalue weighted by Crippen LogP contribution is 2.27. The van der Waals surface area contributed by atoms with E-state index in [9.17, 15) is 4.79 Å². The van der Waals surface area contributed by atoms with Gasteiger partial charge in [0.15, 0.2) is 0 Å². The molecule has 0 fully saturated rings. The summed E-state index contributed by atoms with van der Waals surface area (Å²) in [5.41, 5.74) is 4.72. The Morgan fingerprint density at radius 3 is 2.62 bits per heavy atom. The molecule has 2 N–H and O–H groups in total. The summed E-state index contributed by atoms with van der Waals surface area (Å²) in [7, 11) is 1.99. The fourth-order valence-corrected chi connectivity index (χ4v) is 3.46. The van der Waals surface area contributed by atoms with Crippen molar-refractivity contribution in [2.24, 2.45) is 7.05 Å². The summed E-state index contributed by atoms with van der Waals surface area (Å²) in [6, 6.07) is 17.7. The van der Waals surface area contributed by atoms with Gasteiger partial charge in [-0.2, -0.15) is 0 Å². The van der Waals surface area contributed by atoms with Crippen LogP contribution in [0.4, 0.5) is 5.95 Å². The highest BCUT2D eigenvalue weighted by Gasteiger charge is 2.11. The van der Waals surface area contributed by atoms with Crippen LogP contribution in [0.3, 0.4) is 0 Å². The van der Waals surface area contributed by atoms with Crippen molar-refractivity contribution in [3.05, 3.63) is 77.6 Å². The molecular formula is C25H27N5O2. The van der Waals surface area contributed by atoms with Gasteiger partial charge in [0.05, 0.1) is 11.0 Å². The molecule has 0 saturated heterocycles. The van der Waals surface area contributed by atoms with Crippen molar-refractivity contribution in [3.8, 4) is 11.5 Å². The lowest BCUT2D eigenvalue weighted by Crippen LogP contribution is -2.23. The number of ether oxygens (including phenoxy) is 1. The van der Waals surface area contributed by atoms with E-state index in [1.54, 1.807) is 18.3 Å². The maximum absolute atomic E-state index is 12.0. The smallest absolute Gasteiger partial charge is 0.270 e. The molecule has 7 heteroatoms. The Bertz CT molecular complexity index is 1230. The first-order valence-corrected chi connectivity index (χ1v) is 10.7. The third kappa shape index (κ3) is 4.88. The van der Waals surface area contributed by atoms with Gasteiger partial charge in [-0.1, -0.05) is 29.8 Å². The van der Waals surface area contributed by atoms with E-state index in [-0.39, 0.29) is 5.91 Å². The number of fused-ring (bicyclic) bond motifs is 1. The van der Waals surface area contributed by atoms with Crippen molar-refractivity contribution in [1.82, 2.24) is 19.9 Å². The highest BCUT2D eigenvalue weighted by molar-refractivity contribution is 5.92. The van der Waals surface area contributed by atoms with E-state index >= 15 is 0 Å². The van der Waals surface area contributed by atoms with Crippen LogP contribution < -0.4 is 15.4 Å². The van der Waals surface area contributed by atoms with Crippen LogP contribution >= 0.6 is 0 Å². The lowest BCUT2D eigenvalue weighted by molar-refractivity contribution is 0.0950. The van der Waals surface area contributed by atoms with Crippen LogP contribution in [0.25, 0.3) is 11.0 Å². The number of hydrogen-bond acceptors (Lipinski definition) is 5. The van der Waals surface area contributed by atoms with Gasteiger partial charge in [0.1, 0.15) is 17.2 Å². The van der Waals surface area contributed by atoms with Gasteiger partial charge in [0, 0.05) is 38.5 Å². The summed E-state index contributed by atoms with van der Waals surface area (Å²) in [6.45, 7) is 5.30. The molecule has 2 aromatic carbocycles. The number of nitrogens with one attached hydrogen (secondary N) is 2. The molecule has 0 radical (unpaired) electrons. The maximum atomic E-state index is 12.0. The zero-order valence-electron chi connectivity index (χ0n) is 18.6. The second-order valence-corrected chi connectivity index (χ2v) is 7.65. The van der Waals surface area contributed by atoms with Gasteiger partial charge in [0.2, 0.25) is 5.95 Å². The van der Waals surface area contributed by atoms with Gasteiger partial charge in [-0.05, 0) is 44.0 Å². The predicted octanol–water partition coefficient (Wildman–Crippen LogP) is 4.47. The lowest BCUT2D eigenvalue weighted by Gasteiger charge is -2.08. The molecule has 0 spiro atoms. The number of nitrogens with zero attached hydrogens (tertiary/aromatic N) is 3. The van der Waals surface area contributed by atoms with Crippen LogP contribution in [-0.4, -0.2) is 33.5 Å². The number of aromatic nitrogens is 3. The van der Waals surface area contributed by atoms with Gasteiger partial charge in [-0.3, -0.25) is 9.78 Å². The van der Waals surface area contributed by atoms with E-state index in [4.69, 9.17) is 9.72 Å². The first-order chi connectivity index (χ1) is 15.5. The normalized spacial score (nSPS) is 10.8. The number of pyridine rings is 1. The molecule has 0 aliphatic carbocycles. The fourth-order valence-electron chi connectivity index (χ4n) is 3.46. The molecule has 0 saturated carbocycles. The van der Waals surface area contributed by atoms with Gasteiger partial charge in [-0.25, -0.2) is 4.98 Å². The van der Waals surface area contributed by atoms with Gasteiger partial charge >= 0.3 is 0 Å². The highest BCUT2D eigenvalue weighted by atomic mass is 16.5. The number of rotatable bonds is 8. The monoisotopic (exact) mass is 429 g/mol. The molecule has 0 aliphatic rings. The van der Waals surface area contributed by atoms with Crippen molar-refractivity contribution in [3.63, 3.8) is 0 Å². The molecule has 4 aromatic rings. The topological polar surface area (TPSA) is 81.1 Å². The van der Waals surface area contributed by atoms with E-state index in [2.05, 4.69) is 46.8 Å². The van der Waals surface area contributed by atoms with Crippen LogP contribution in [0.1, 0.15) is 28.5 Å². The SMILES string of the molecule is CCNC(=O)c1cc(Oc2ccc3c(c2)nc(NCCc2ccc(C)cc2)n3C)ccn1. The van der Waals surface area contributed by atoms with Crippen LogP contribution in [0.15, 0.2) is 60.8 Å². The number of carbonyl (C=O) groups excluding carboxylic acids is 1. The molecule has 0 aliphatic heterocycles. The minimum Gasteiger partial charge on any atom is -0.457 e. The zero-order valence-corrected chi connectivity index (χ0v) is 18.6. The molecule has 0 unspecified atom stereocenters. The number of aryl methyl sites for hydroxylation is 2. The van der Waals surface area contributed by atoms with Crippen molar-refractivity contribution in [1.29, 1.82) is 0 Å². The van der Waals surface area contributed by atoms with Crippen molar-refractivity contribution < 1.29 is 9.53 Å². The van der Waals surface area contributed by atoms with Crippen LogP contribution in [0.2, 0.25) is 0 Å². The minimum atomic E-state index is -0.223. The van der Waals surface area contributed by atoms with E-state index in [1.165, 1.54) is 11.1 Å². The second kappa shape index (κ2) is 9.51. The third-order valence-electron chi connectivity index (χ3n) is 5.21. The summed E-state index contributed by atoms with van der Waals surface area (Å²) in [5.74, 6) is 1.79. The van der Waals surface area contributed by atoms with Crippen molar-refractivity contribution in [2.45, 2.75) is 20.3 Å². The largest absolute Gasteiger partial charge is 0.457 e. The Labute approximate surface area is 187 Å². The molecule has 1 amide bonds. The van der Waals surface area contributed by atoms with Gasteiger partial charge in [0.25, 0.3) is 5.91 Å². The number of anilines is 1. The minimum absolute atomic E-state index is 0.223. The van der Waals surface area contributed by atoms with Gasteiger partial charge in [-0.15, -0.1) is 0 Å². The molecule has 7 nitrogen and oxygen atoms in total. The molecule has 2 aromatic heterocycles. The fraction of sp³-hybridized carbons (Fsp3) is 0.240. The third-order valence-corrected chi connectivity index (χ3v) is 5.21. The van der Waals surface area contributed by atoms with E-state index in [1.807, 2.05) is 36.7 Å². The summed E-state index contributed by atoms with van der Waals surface area (Å²) >= 11 is 0.